The quantitative estimate of drug-likeness (QED) is 0.917. The van der Waals surface area contributed by atoms with Crippen LogP contribution in [0.3, 0.4) is 0 Å². The summed E-state index contributed by atoms with van der Waals surface area (Å²) in [7, 11) is 0. The topological polar surface area (TPSA) is 79.5 Å². The van der Waals surface area contributed by atoms with Gasteiger partial charge in [-0.15, -0.1) is 0 Å². The fourth-order valence-corrected chi connectivity index (χ4v) is 3.08. The molecule has 24 heavy (non-hydrogen) atoms. The van der Waals surface area contributed by atoms with Crippen LogP contribution in [0.5, 0.6) is 0 Å². The molecule has 1 N–H and O–H groups in total. The monoisotopic (exact) mass is 333 g/mol. The molecule has 128 valence electrons. The minimum absolute atomic E-state index is 0.0649. The maximum atomic E-state index is 13.3. The van der Waals surface area contributed by atoms with Gasteiger partial charge in [0.2, 0.25) is 5.91 Å². The summed E-state index contributed by atoms with van der Waals surface area (Å²) in [6, 6.07) is 6.35. The number of rotatable bonds is 4. The number of carbonyl (C=O) groups excluding carboxylic acids is 1. The van der Waals surface area contributed by atoms with Gasteiger partial charge in [-0.25, -0.2) is 9.02 Å². The zero-order valence-electron chi connectivity index (χ0n) is 13.5. The molecule has 1 aliphatic rings. The molecule has 2 atom stereocenters. The standard InChI is InChI=1S/C17H20FN3O3/c1-11-15(20-24-19-11)9-17(23)21-6-5-16(22)13(10-21)7-12-3-2-4-14(18)8-12/h2-4,8,13,16,22H,5-7,9-10H2,1H3/t13-,16-/m1/s1. The Labute approximate surface area is 139 Å². The zero-order chi connectivity index (χ0) is 17.1. The minimum Gasteiger partial charge on any atom is -0.393 e. The van der Waals surface area contributed by atoms with Crippen LogP contribution in [0.15, 0.2) is 28.9 Å². The molecule has 0 aliphatic carbocycles. The van der Waals surface area contributed by atoms with Gasteiger partial charge < -0.3 is 10.0 Å². The van der Waals surface area contributed by atoms with Gasteiger partial charge in [0.1, 0.15) is 17.2 Å². The highest BCUT2D eigenvalue weighted by molar-refractivity contribution is 5.78. The highest BCUT2D eigenvalue weighted by Gasteiger charge is 2.30. The van der Waals surface area contributed by atoms with E-state index in [9.17, 15) is 14.3 Å². The number of amides is 1. The van der Waals surface area contributed by atoms with Gasteiger partial charge in [-0.1, -0.05) is 22.4 Å². The van der Waals surface area contributed by atoms with E-state index < -0.39 is 6.10 Å². The first-order chi connectivity index (χ1) is 11.5. The van der Waals surface area contributed by atoms with E-state index >= 15 is 0 Å². The molecule has 1 aliphatic heterocycles. The van der Waals surface area contributed by atoms with Crippen LogP contribution in [0.4, 0.5) is 4.39 Å². The first kappa shape index (κ1) is 16.6. The molecule has 1 amide bonds. The maximum absolute atomic E-state index is 13.3. The summed E-state index contributed by atoms with van der Waals surface area (Å²) in [5, 5.41) is 17.6. The lowest BCUT2D eigenvalue weighted by atomic mass is 9.88. The van der Waals surface area contributed by atoms with Crippen LogP contribution >= 0.6 is 0 Å². The molecule has 2 aromatic rings. The van der Waals surface area contributed by atoms with Crippen molar-refractivity contribution in [3.05, 3.63) is 47.0 Å². The first-order valence-electron chi connectivity index (χ1n) is 8.01. The van der Waals surface area contributed by atoms with Gasteiger partial charge in [0.25, 0.3) is 0 Å². The second-order valence-corrected chi connectivity index (χ2v) is 6.26. The third kappa shape index (κ3) is 3.79. The Morgan fingerprint density at radius 3 is 3.00 bits per heavy atom. The van der Waals surface area contributed by atoms with Crippen molar-refractivity contribution < 1.29 is 18.9 Å². The number of hydrogen-bond donors (Lipinski definition) is 1. The van der Waals surface area contributed by atoms with Crippen LogP contribution in [-0.4, -0.2) is 45.4 Å². The van der Waals surface area contributed by atoms with Crippen molar-refractivity contribution in [3.63, 3.8) is 0 Å². The van der Waals surface area contributed by atoms with Crippen molar-refractivity contribution in [1.29, 1.82) is 0 Å². The van der Waals surface area contributed by atoms with Crippen LogP contribution in [0.25, 0.3) is 0 Å². The average molecular weight is 333 g/mol. The molecule has 0 bridgehead atoms. The summed E-state index contributed by atoms with van der Waals surface area (Å²) < 4.78 is 17.9. The number of likely N-dealkylation sites (tertiary alicyclic amines) is 1. The number of halogens is 1. The van der Waals surface area contributed by atoms with Crippen molar-refractivity contribution in [3.8, 4) is 0 Å². The van der Waals surface area contributed by atoms with E-state index in [2.05, 4.69) is 14.9 Å². The molecule has 0 saturated carbocycles. The molecular weight excluding hydrogens is 313 g/mol. The van der Waals surface area contributed by atoms with Crippen molar-refractivity contribution in [2.45, 2.75) is 32.3 Å². The SMILES string of the molecule is Cc1nonc1CC(=O)N1CC[C@@H](O)[C@H](Cc2cccc(F)c2)C1. The van der Waals surface area contributed by atoms with E-state index in [1.807, 2.05) is 6.07 Å². The van der Waals surface area contributed by atoms with Gasteiger partial charge in [0, 0.05) is 19.0 Å². The number of aliphatic hydroxyl groups is 1. The Morgan fingerprint density at radius 2 is 2.29 bits per heavy atom. The Hall–Kier alpha value is -2.28. The number of carbonyl (C=O) groups is 1. The summed E-state index contributed by atoms with van der Waals surface area (Å²) in [4.78, 5) is 14.2. The summed E-state index contributed by atoms with van der Waals surface area (Å²) in [6.45, 7) is 2.69. The minimum atomic E-state index is -0.493. The van der Waals surface area contributed by atoms with Gasteiger partial charge in [0.05, 0.1) is 12.5 Å². The largest absolute Gasteiger partial charge is 0.393 e. The first-order valence-corrected chi connectivity index (χ1v) is 8.01. The number of aromatic nitrogens is 2. The third-order valence-corrected chi connectivity index (χ3v) is 4.50. The van der Waals surface area contributed by atoms with Gasteiger partial charge in [-0.05, 0) is 37.5 Å². The van der Waals surface area contributed by atoms with Crippen LogP contribution in [-0.2, 0) is 17.6 Å². The highest BCUT2D eigenvalue weighted by Crippen LogP contribution is 2.22. The summed E-state index contributed by atoms with van der Waals surface area (Å²) >= 11 is 0. The Balaban J connectivity index is 1.64. The second-order valence-electron chi connectivity index (χ2n) is 6.26. The van der Waals surface area contributed by atoms with Crippen molar-refractivity contribution >= 4 is 5.91 Å². The third-order valence-electron chi connectivity index (χ3n) is 4.50. The van der Waals surface area contributed by atoms with E-state index in [-0.39, 0.29) is 24.1 Å². The number of piperidine rings is 1. The molecule has 1 aromatic heterocycles. The lowest BCUT2D eigenvalue weighted by Gasteiger charge is -2.36. The van der Waals surface area contributed by atoms with Gasteiger partial charge in [0.15, 0.2) is 0 Å². The average Bonchev–Trinajstić information content (AvgIpc) is 2.94. The molecule has 2 heterocycles. The lowest BCUT2D eigenvalue weighted by Crippen LogP contribution is -2.47. The number of hydrogen-bond acceptors (Lipinski definition) is 5. The van der Waals surface area contributed by atoms with E-state index in [4.69, 9.17) is 0 Å². The normalized spacial score (nSPS) is 21.0. The Bertz CT molecular complexity index is 719. The smallest absolute Gasteiger partial charge is 0.228 e. The Morgan fingerprint density at radius 1 is 1.46 bits per heavy atom. The van der Waals surface area contributed by atoms with Crippen LogP contribution in [0.2, 0.25) is 0 Å². The molecule has 0 spiro atoms. The van der Waals surface area contributed by atoms with Gasteiger partial charge in [-0.2, -0.15) is 0 Å². The van der Waals surface area contributed by atoms with Crippen LogP contribution in [0.1, 0.15) is 23.4 Å². The molecule has 0 unspecified atom stereocenters. The van der Waals surface area contributed by atoms with Gasteiger partial charge >= 0.3 is 0 Å². The van der Waals surface area contributed by atoms with Crippen LogP contribution in [0, 0.1) is 18.7 Å². The zero-order valence-corrected chi connectivity index (χ0v) is 13.5. The van der Waals surface area contributed by atoms with Crippen molar-refractivity contribution in [2.75, 3.05) is 13.1 Å². The molecule has 1 saturated heterocycles. The van der Waals surface area contributed by atoms with Crippen molar-refractivity contribution in [2.24, 2.45) is 5.92 Å². The predicted octanol–water partition coefficient (Wildman–Crippen LogP) is 1.51. The van der Waals surface area contributed by atoms with Crippen LogP contribution < -0.4 is 0 Å². The summed E-state index contributed by atoms with van der Waals surface area (Å²) in [6.07, 6.45) is 0.695. The van der Waals surface area contributed by atoms with Crippen molar-refractivity contribution in [1.82, 2.24) is 15.2 Å². The number of aliphatic hydroxyl groups excluding tert-OH is 1. The number of nitrogens with zero attached hydrogens (tertiary/aromatic N) is 3. The van der Waals surface area contributed by atoms with E-state index in [1.54, 1.807) is 17.9 Å². The molecule has 3 rings (SSSR count). The molecular formula is C17H20FN3O3. The Kier molecular flexibility index (Phi) is 4.89. The maximum Gasteiger partial charge on any atom is 0.228 e. The molecule has 0 radical (unpaired) electrons. The van der Waals surface area contributed by atoms with E-state index in [0.717, 1.165) is 5.56 Å². The number of aryl methyl sites for hydroxylation is 1. The summed E-state index contributed by atoms with van der Waals surface area (Å²) in [5.74, 6) is -0.467. The second kappa shape index (κ2) is 7.09. The summed E-state index contributed by atoms with van der Waals surface area (Å²) in [5.41, 5.74) is 1.97. The molecule has 7 heteroatoms. The molecule has 1 fully saturated rings. The molecule has 1 aromatic carbocycles. The molecule has 6 nitrogen and oxygen atoms in total. The highest BCUT2D eigenvalue weighted by atomic mass is 19.1. The number of benzene rings is 1. The lowest BCUT2D eigenvalue weighted by molar-refractivity contribution is -0.134. The fourth-order valence-electron chi connectivity index (χ4n) is 3.08. The fraction of sp³-hybridized carbons (Fsp3) is 0.471. The van der Waals surface area contributed by atoms with E-state index in [0.29, 0.717) is 37.3 Å². The van der Waals surface area contributed by atoms with Gasteiger partial charge in [-0.3, -0.25) is 4.79 Å². The van der Waals surface area contributed by atoms with E-state index in [1.165, 1.54) is 12.1 Å². The predicted molar refractivity (Wildman–Crippen MR) is 83.5 cm³/mol.